The van der Waals surface area contributed by atoms with Crippen molar-refractivity contribution in [2.75, 3.05) is 4.72 Å². The van der Waals surface area contributed by atoms with Crippen molar-refractivity contribution >= 4 is 37.4 Å². The second kappa shape index (κ2) is 7.85. The first-order valence-electron chi connectivity index (χ1n) is 7.90. The summed E-state index contributed by atoms with van der Waals surface area (Å²) < 4.78 is 28.5. The maximum Gasteiger partial charge on any atom is 0.261 e. The van der Waals surface area contributed by atoms with Gasteiger partial charge in [-0.1, -0.05) is 58.4 Å². The zero-order valence-electron chi connectivity index (χ0n) is 13.7. The van der Waals surface area contributed by atoms with Crippen LogP contribution in [-0.4, -0.2) is 14.2 Å². The molecule has 0 spiro atoms. The summed E-state index contributed by atoms with van der Waals surface area (Å²) in [5, 5.41) is 0. The van der Waals surface area contributed by atoms with Crippen LogP contribution in [0.4, 0.5) is 5.69 Å². The maximum atomic E-state index is 12.6. The summed E-state index contributed by atoms with van der Waals surface area (Å²) in [6, 6.07) is 22.3. The molecular formula is C20H16BrNO3S. The minimum atomic E-state index is -3.77. The Kier molecular flexibility index (Phi) is 5.54. The molecule has 0 radical (unpaired) electrons. The fraction of sp³-hybridized carbons (Fsp3) is 0.0500. The Bertz CT molecular complexity index is 1020. The van der Waals surface area contributed by atoms with Gasteiger partial charge in [-0.3, -0.25) is 9.52 Å². The first kappa shape index (κ1) is 18.4. The minimum Gasteiger partial charge on any atom is -0.294 e. The fourth-order valence-corrected chi connectivity index (χ4v) is 3.82. The smallest absolute Gasteiger partial charge is 0.261 e. The first-order chi connectivity index (χ1) is 12.4. The Balaban J connectivity index is 1.81. The largest absolute Gasteiger partial charge is 0.294 e. The molecule has 4 nitrogen and oxygen atoms in total. The predicted octanol–water partition coefficient (Wildman–Crippen LogP) is 4.68. The van der Waals surface area contributed by atoms with Crippen LogP contribution in [0, 0.1) is 0 Å². The number of benzene rings is 3. The van der Waals surface area contributed by atoms with Gasteiger partial charge >= 0.3 is 0 Å². The Morgan fingerprint density at radius 1 is 0.885 bits per heavy atom. The number of hydrogen-bond donors (Lipinski definition) is 1. The van der Waals surface area contributed by atoms with Gasteiger partial charge < -0.3 is 0 Å². The molecule has 0 amide bonds. The molecule has 0 saturated heterocycles. The van der Waals surface area contributed by atoms with Crippen LogP contribution < -0.4 is 4.72 Å². The van der Waals surface area contributed by atoms with Crippen molar-refractivity contribution in [3.05, 3.63) is 94.5 Å². The van der Waals surface area contributed by atoms with Crippen molar-refractivity contribution in [2.45, 2.75) is 11.3 Å². The maximum absolute atomic E-state index is 12.6. The van der Waals surface area contributed by atoms with Gasteiger partial charge in [-0.2, -0.15) is 0 Å². The number of rotatable bonds is 6. The number of Topliss-reactive ketones (excluding diaryl/α,β-unsaturated/α-hetero) is 1. The minimum absolute atomic E-state index is 0.0549. The number of ketones is 1. The molecule has 26 heavy (non-hydrogen) atoms. The molecule has 0 unspecified atom stereocenters. The Hall–Kier alpha value is -2.44. The SMILES string of the molecule is O=C(Cc1ccccc1)c1cccc(S(=O)(=O)Nc2ccc(Br)cc2)c1. The van der Waals surface area contributed by atoms with E-state index in [2.05, 4.69) is 20.7 Å². The summed E-state index contributed by atoms with van der Waals surface area (Å²) in [6.45, 7) is 0. The van der Waals surface area contributed by atoms with Gasteiger partial charge in [0, 0.05) is 22.1 Å². The van der Waals surface area contributed by atoms with E-state index in [1.807, 2.05) is 30.3 Å². The van der Waals surface area contributed by atoms with Gasteiger partial charge in [-0.05, 0) is 42.0 Å². The van der Waals surface area contributed by atoms with E-state index in [1.54, 1.807) is 36.4 Å². The average molecular weight is 430 g/mol. The van der Waals surface area contributed by atoms with Crippen LogP contribution in [0.15, 0.2) is 88.2 Å². The molecule has 0 fully saturated rings. The van der Waals surface area contributed by atoms with E-state index < -0.39 is 10.0 Å². The third-order valence-corrected chi connectivity index (χ3v) is 5.68. The highest BCUT2D eigenvalue weighted by atomic mass is 79.9. The number of nitrogens with one attached hydrogen (secondary N) is 1. The lowest BCUT2D eigenvalue weighted by Crippen LogP contribution is -2.14. The third kappa shape index (κ3) is 4.59. The van der Waals surface area contributed by atoms with E-state index in [4.69, 9.17) is 0 Å². The second-order valence-electron chi connectivity index (χ2n) is 5.73. The molecule has 3 rings (SSSR count). The lowest BCUT2D eigenvalue weighted by molar-refractivity contribution is 0.0993. The van der Waals surface area contributed by atoms with Crippen molar-refractivity contribution < 1.29 is 13.2 Å². The van der Waals surface area contributed by atoms with Crippen LogP contribution in [0.5, 0.6) is 0 Å². The second-order valence-corrected chi connectivity index (χ2v) is 8.32. The molecule has 0 aliphatic carbocycles. The van der Waals surface area contributed by atoms with Crippen LogP contribution in [0.2, 0.25) is 0 Å². The molecule has 0 aliphatic heterocycles. The summed E-state index contributed by atoms with van der Waals surface area (Å²) in [5.74, 6) is -0.128. The predicted molar refractivity (Wildman–Crippen MR) is 106 cm³/mol. The molecule has 3 aromatic carbocycles. The lowest BCUT2D eigenvalue weighted by Gasteiger charge is -2.09. The van der Waals surface area contributed by atoms with E-state index in [0.717, 1.165) is 10.0 Å². The summed E-state index contributed by atoms with van der Waals surface area (Å²) in [4.78, 5) is 12.5. The zero-order valence-corrected chi connectivity index (χ0v) is 16.1. The normalized spacial score (nSPS) is 11.1. The van der Waals surface area contributed by atoms with Crippen molar-refractivity contribution in [3.8, 4) is 0 Å². The molecule has 0 aromatic heterocycles. The zero-order chi connectivity index (χ0) is 18.6. The number of anilines is 1. The summed E-state index contributed by atoms with van der Waals surface area (Å²) in [5.41, 5.74) is 1.71. The Labute approximate surface area is 161 Å². The number of halogens is 1. The molecule has 0 aliphatic rings. The molecule has 1 N–H and O–H groups in total. The van der Waals surface area contributed by atoms with Gasteiger partial charge in [0.2, 0.25) is 0 Å². The van der Waals surface area contributed by atoms with Crippen molar-refractivity contribution in [3.63, 3.8) is 0 Å². The number of carbonyl (C=O) groups excluding carboxylic acids is 1. The summed E-state index contributed by atoms with van der Waals surface area (Å²) in [6.07, 6.45) is 0.227. The highest BCUT2D eigenvalue weighted by molar-refractivity contribution is 9.10. The Morgan fingerprint density at radius 2 is 1.58 bits per heavy atom. The van der Waals surface area contributed by atoms with E-state index in [-0.39, 0.29) is 17.1 Å². The number of carbonyl (C=O) groups is 1. The first-order valence-corrected chi connectivity index (χ1v) is 10.2. The van der Waals surface area contributed by atoms with E-state index in [9.17, 15) is 13.2 Å². The van der Waals surface area contributed by atoms with Crippen LogP contribution in [-0.2, 0) is 16.4 Å². The van der Waals surface area contributed by atoms with E-state index >= 15 is 0 Å². The van der Waals surface area contributed by atoms with Gasteiger partial charge in [-0.25, -0.2) is 8.42 Å². The van der Waals surface area contributed by atoms with Gasteiger partial charge in [0.05, 0.1) is 4.90 Å². The van der Waals surface area contributed by atoms with Crippen LogP contribution in [0.25, 0.3) is 0 Å². The van der Waals surface area contributed by atoms with Crippen molar-refractivity contribution in [1.82, 2.24) is 0 Å². The van der Waals surface area contributed by atoms with Gasteiger partial charge in [0.15, 0.2) is 5.78 Å². The van der Waals surface area contributed by atoms with Gasteiger partial charge in [0.25, 0.3) is 10.0 Å². The molecule has 6 heteroatoms. The molecule has 0 atom stereocenters. The molecule has 3 aromatic rings. The van der Waals surface area contributed by atoms with Gasteiger partial charge in [-0.15, -0.1) is 0 Å². The molecule has 132 valence electrons. The van der Waals surface area contributed by atoms with E-state index in [1.165, 1.54) is 12.1 Å². The van der Waals surface area contributed by atoms with Crippen molar-refractivity contribution in [1.29, 1.82) is 0 Å². The van der Waals surface area contributed by atoms with Gasteiger partial charge in [0.1, 0.15) is 0 Å². The number of hydrogen-bond acceptors (Lipinski definition) is 3. The molecule has 0 saturated carbocycles. The summed E-state index contributed by atoms with van der Waals surface area (Å²) in [7, 11) is -3.77. The Morgan fingerprint density at radius 3 is 2.27 bits per heavy atom. The average Bonchev–Trinajstić information content (AvgIpc) is 2.64. The lowest BCUT2D eigenvalue weighted by atomic mass is 10.0. The van der Waals surface area contributed by atoms with Crippen molar-refractivity contribution in [2.24, 2.45) is 0 Å². The fourth-order valence-electron chi connectivity index (χ4n) is 2.45. The highest BCUT2D eigenvalue weighted by Gasteiger charge is 2.16. The van der Waals surface area contributed by atoms with E-state index in [0.29, 0.717) is 11.3 Å². The molecule has 0 heterocycles. The van der Waals surface area contributed by atoms with Crippen LogP contribution >= 0.6 is 15.9 Å². The topological polar surface area (TPSA) is 63.2 Å². The molecule has 0 bridgehead atoms. The standard InChI is InChI=1S/C20H16BrNO3S/c21-17-9-11-18(12-10-17)22-26(24,25)19-8-4-7-16(14-19)20(23)13-15-5-2-1-3-6-15/h1-12,14,22H,13H2. The van der Waals surface area contributed by atoms with Crippen LogP contribution in [0.3, 0.4) is 0 Å². The monoisotopic (exact) mass is 429 g/mol. The highest BCUT2D eigenvalue weighted by Crippen LogP contribution is 2.20. The molecular weight excluding hydrogens is 414 g/mol. The quantitative estimate of drug-likeness (QED) is 0.578. The number of sulfonamides is 1. The third-order valence-electron chi connectivity index (χ3n) is 3.77. The van der Waals surface area contributed by atoms with Crippen LogP contribution in [0.1, 0.15) is 15.9 Å². The summed E-state index contributed by atoms with van der Waals surface area (Å²) >= 11 is 3.31.